The Kier molecular flexibility index (Phi) is 9.79. The van der Waals surface area contributed by atoms with Gasteiger partial charge in [0.15, 0.2) is 0 Å². The molecule has 1 N–H and O–H groups in total. The molecular weight excluding hydrogens is 622 g/mol. The molecule has 0 spiro atoms. The molecule has 282 valence electrons. The molecule has 1 aliphatic heterocycles. The van der Waals surface area contributed by atoms with Crippen molar-refractivity contribution < 1.29 is 24.2 Å². The van der Waals surface area contributed by atoms with Gasteiger partial charge in [-0.3, -0.25) is 14.4 Å². The van der Waals surface area contributed by atoms with Crippen LogP contribution in [0.15, 0.2) is 12.2 Å². The van der Waals surface area contributed by atoms with E-state index in [0.717, 1.165) is 51.5 Å². The maximum Gasteiger partial charge on any atom is 0.306 e. The molecule has 50 heavy (non-hydrogen) atoms. The lowest BCUT2D eigenvalue weighted by Crippen LogP contribution is -2.67. The van der Waals surface area contributed by atoms with Gasteiger partial charge in [-0.2, -0.15) is 0 Å². The monoisotopic (exact) mass is 694 g/mol. The standard InChI is InChI=1S/C44H71NO5/c1-11-29-13-12-24-45(29)35(46)25-44-21-16-30(28(2)3)38(44)31-14-15-33-41(8)19-18-34(50-37(49)27-39(4,5)26-36(47)48)40(6,7)32(41)17-20-43(33,10)42(31,9)22-23-44/h29-34,38H,2,11-27H2,1,3-10H3,(H,47,48)/t29-,30-,31+,32-,33+,34-,38+,41-,42+,43+,44+/m0/s1. The molecule has 1 heterocycles. The van der Waals surface area contributed by atoms with E-state index in [1.54, 1.807) is 0 Å². The van der Waals surface area contributed by atoms with Crippen LogP contribution in [0.3, 0.4) is 0 Å². The number of nitrogens with zero attached hydrogens (tertiary/aromatic N) is 1. The number of hydrogen-bond donors (Lipinski definition) is 1. The maximum absolute atomic E-state index is 14.1. The summed E-state index contributed by atoms with van der Waals surface area (Å²) in [4.78, 5) is 41.0. The average molecular weight is 694 g/mol. The molecule has 1 saturated heterocycles. The largest absolute Gasteiger partial charge is 0.481 e. The number of fused-ring (bicyclic) bond motifs is 7. The minimum Gasteiger partial charge on any atom is -0.481 e. The number of rotatable bonds is 9. The average Bonchev–Trinajstić information content (AvgIpc) is 3.63. The number of allylic oxidation sites excluding steroid dienone is 1. The molecule has 6 fully saturated rings. The van der Waals surface area contributed by atoms with Crippen molar-refractivity contribution in [1.29, 1.82) is 0 Å². The second-order valence-electron chi connectivity index (χ2n) is 20.8. The third-order valence-corrected chi connectivity index (χ3v) is 17.4. The Morgan fingerprint density at radius 3 is 2.24 bits per heavy atom. The van der Waals surface area contributed by atoms with Crippen molar-refractivity contribution in [3.63, 3.8) is 0 Å². The molecule has 0 aromatic rings. The quantitative estimate of drug-likeness (QED) is 0.192. The number of carboxylic acids is 1. The zero-order valence-electron chi connectivity index (χ0n) is 33.3. The van der Waals surface area contributed by atoms with Gasteiger partial charge < -0.3 is 14.7 Å². The molecule has 0 bridgehead atoms. The van der Waals surface area contributed by atoms with Gasteiger partial charge in [0, 0.05) is 24.4 Å². The van der Waals surface area contributed by atoms with Crippen LogP contribution >= 0.6 is 0 Å². The highest BCUT2D eigenvalue weighted by Crippen LogP contribution is 2.78. The summed E-state index contributed by atoms with van der Waals surface area (Å²) in [6, 6.07) is 0.432. The van der Waals surface area contributed by atoms with Crippen LogP contribution in [-0.2, 0) is 19.1 Å². The highest BCUT2D eigenvalue weighted by Gasteiger charge is 2.71. The molecule has 11 atom stereocenters. The van der Waals surface area contributed by atoms with Crippen LogP contribution in [0.4, 0.5) is 0 Å². The van der Waals surface area contributed by atoms with E-state index in [1.807, 2.05) is 13.8 Å². The van der Waals surface area contributed by atoms with Gasteiger partial charge in [-0.15, -0.1) is 0 Å². The Morgan fingerprint density at radius 2 is 1.58 bits per heavy atom. The molecule has 6 heteroatoms. The third-order valence-electron chi connectivity index (χ3n) is 17.4. The number of ether oxygens (including phenoxy) is 1. The topological polar surface area (TPSA) is 83.9 Å². The van der Waals surface area contributed by atoms with Gasteiger partial charge in [0.1, 0.15) is 6.10 Å². The minimum absolute atomic E-state index is 0.0416. The third kappa shape index (κ3) is 5.91. The highest BCUT2D eigenvalue weighted by atomic mass is 16.5. The lowest BCUT2D eigenvalue weighted by Gasteiger charge is -2.73. The van der Waals surface area contributed by atoms with Gasteiger partial charge in [-0.05, 0) is 147 Å². The number of carbonyl (C=O) groups is 3. The van der Waals surface area contributed by atoms with Crippen LogP contribution in [0.2, 0.25) is 0 Å². The number of aliphatic carboxylic acids is 1. The van der Waals surface area contributed by atoms with Crippen molar-refractivity contribution >= 4 is 17.8 Å². The summed E-state index contributed by atoms with van der Waals surface area (Å²) in [5, 5.41) is 9.35. The fraction of sp³-hybridized carbons (Fsp3) is 0.886. The SMILES string of the molecule is C=C(C)[C@@H]1CC[C@]2(CC(=O)N3CCC[C@@H]3CC)CC[C@]3(C)[C@H](CC[C@@H]4[C@@]5(C)CC[C@H](OC(=O)CC(C)(C)CC(=O)O)C(C)(C)[C@@H]5CC[C@]43C)[C@@H]12. The lowest BCUT2D eigenvalue weighted by molar-refractivity contribution is -0.250. The first-order valence-electron chi connectivity index (χ1n) is 20.6. The second-order valence-corrected chi connectivity index (χ2v) is 20.8. The van der Waals surface area contributed by atoms with Crippen molar-refractivity contribution in [2.24, 2.45) is 62.1 Å². The van der Waals surface area contributed by atoms with E-state index < -0.39 is 11.4 Å². The molecule has 0 unspecified atom stereocenters. The molecule has 5 saturated carbocycles. The van der Waals surface area contributed by atoms with Crippen molar-refractivity contribution in [3.8, 4) is 0 Å². The van der Waals surface area contributed by atoms with E-state index in [2.05, 4.69) is 59.9 Å². The Hall–Kier alpha value is -1.85. The van der Waals surface area contributed by atoms with Crippen molar-refractivity contribution in [2.45, 2.75) is 177 Å². The van der Waals surface area contributed by atoms with Crippen LogP contribution in [-0.4, -0.2) is 46.5 Å². The maximum atomic E-state index is 14.1. The van der Waals surface area contributed by atoms with E-state index in [-0.39, 0.29) is 52.0 Å². The van der Waals surface area contributed by atoms with Gasteiger partial charge >= 0.3 is 11.9 Å². The normalized spacial score (nSPS) is 43.6. The molecule has 5 aliphatic carbocycles. The van der Waals surface area contributed by atoms with E-state index >= 15 is 0 Å². The van der Waals surface area contributed by atoms with Crippen molar-refractivity contribution in [3.05, 3.63) is 12.2 Å². The number of likely N-dealkylation sites (tertiary alicyclic amines) is 1. The zero-order valence-corrected chi connectivity index (χ0v) is 33.3. The predicted molar refractivity (Wildman–Crippen MR) is 199 cm³/mol. The first kappa shape index (κ1) is 37.9. The molecular formula is C44H71NO5. The first-order chi connectivity index (χ1) is 23.2. The molecule has 0 aromatic heterocycles. The van der Waals surface area contributed by atoms with Gasteiger partial charge in [-0.25, -0.2) is 0 Å². The van der Waals surface area contributed by atoms with Gasteiger partial charge in [0.05, 0.1) is 12.8 Å². The Balaban J connectivity index is 1.24. The number of esters is 1. The highest BCUT2D eigenvalue weighted by molar-refractivity contribution is 5.78. The van der Waals surface area contributed by atoms with E-state index in [0.29, 0.717) is 41.5 Å². The molecule has 6 rings (SSSR count). The zero-order chi connectivity index (χ0) is 36.7. The predicted octanol–water partition coefficient (Wildman–Crippen LogP) is 10.2. The summed E-state index contributed by atoms with van der Waals surface area (Å²) in [6.07, 6.45) is 15.7. The number of hydrogen-bond acceptors (Lipinski definition) is 4. The molecule has 1 amide bonds. The number of carbonyl (C=O) groups excluding carboxylic acids is 2. The van der Waals surface area contributed by atoms with Gasteiger partial charge in [0.2, 0.25) is 5.91 Å². The molecule has 6 aliphatic rings. The Bertz CT molecular complexity index is 1370. The van der Waals surface area contributed by atoms with Crippen LogP contribution in [0.5, 0.6) is 0 Å². The number of carboxylic acid groups (broad SMARTS) is 1. The Morgan fingerprint density at radius 1 is 0.860 bits per heavy atom. The van der Waals surface area contributed by atoms with E-state index in [9.17, 15) is 19.5 Å². The van der Waals surface area contributed by atoms with E-state index in [1.165, 1.54) is 50.5 Å². The second kappa shape index (κ2) is 12.9. The fourth-order valence-electron chi connectivity index (χ4n) is 14.8. The van der Waals surface area contributed by atoms with Crippen LogP contribution in [0.1, 0.15) is 165 Å². The van der Waals surface area contributed by atoms with Gasteiger partial charge in [0.25, 0.3) is 0 Å². The van der Waals surface area contributed by atoms with Crippen LogP contribution < -0.4 is 0 Å². The summed E-state index contributed by atoms with van der Waals surface area (Å²) in [7, 11) is 0. The van der Waals surface area contributed by atoms with Crippen LogP contribution in [0.25, 0.3) is 0 Å². The summed E-state index contributed by atoms with van der Waals surface area (Å²) >= 11 is 0. The van der Waals surface area contributed by atoms with Gasteiger partial charge in [-0.1, -0.05) is 67.5 Å². The first-order valence-corrected chi connectivity index (χ1v) is 20.6. The minimum atomic E-state index is -0.877. The summed E-state index contributed by atoms with van der Waals surface area (Å²) in [6.45, 7) is 26.4. The summed E-state index contributed by atoms with van der Waals surface area (Å²) in [5.41, 5.74) is 1.29. The lowest BCUT2D eigenvalue weighted by atomic mass is 9.32. The molecule has 6 nitrogen and oxygen atoms in total. The summed E-state index contributed by atoms with van der Waals surface area (Å²) in [5.74, 6) is 2.07. The van der Waals surface area contributed by atoms with Crippen molar-refractivity contribution in [1.82, 2.24) is 4.90 Å². The smallest absolute Gasteiger partial charge is 0.306 e. The molecule has 0 radical (unpaired) electrons. The number of amides is 1. The fourth-order valence-corrected chi connectivity index (χ4v) is 14.8. The van der Waals surface area contributed by atoms with Crippen LogP contribution in [0, 0.1) is 62.1 Å². The van der Waals surface area contributed by atoms with Crippen molar-refractivity contribution in [2.75, 3.05) is 6.54 Å². The molecule has 0 aromatic carbocycles. The summed E-state index contributed by atoms with van der Waals surface area (Å²) < 4.78 is 6.29. The Labute approximate surface area is 304 Å². The van der Waals surface area contributed by atoms with E-state index in [4.69, 9.17) is 4.74 Å².